The van der Waals surface area contributed by atoms with E-state index in [1.165, 1.54) is 0 Å². The van der Waals surface area contributed by atoms with Crippen molar-refractivity contribution in [2.75, 3.05) is 0 Å². The van der Waals surface area contributed by atoms with Crippen LogP contribution < -0.4 is 5.84 Å². The molecule has 0 aromatic heterocycles. The molecule has 0 aliphatic heterocycles. The third-order valence-electron chi connectivity index (χ3n) is 2.08. The van der Waals surface area contributed by atoms with Gasteiger partial charge < -0.3 is 5.84 Å². The van der Waals surface area contributed by atoms with Crippen molar-refractivity contribution in [2.24, 2.45) is 15.9 Å². The van der Waals surface area contributed by atoms with Crippen LogP contribution in [-0.2, 0) is 4.79 Å². The summed E-state index contributed by atoms with van der Waals surface area (Å²) in [4.78, 5) is 15.2. The van der Waals surface area contributed by atoms with Crippen molar-refractivity contribution in [3.05, 3.63) is 0 Å². The molecule has 1 aliphatic carbocycles. The second kappa shape index (κ2) is 3.05. The van der Waals surface area contributed by atoms with E-state index in [0.29, 0.717) is 5.71 Å². The largest absolute Gasteiger partial charge is 0.323 e. The predicted molar refractivity (Wildman–Crippen MR) is 48.4 cm³/mol. The zero-order valence-corrected chi connectivity index (χ0v) is 7.37. The SMILES string of the molecule is CC(=O)C1(N=CC(C)=NN)CC1. The van der Waals surface area contributed by atoms with Gasteiger partial charge >= 0.3 is 0 Å². The van der Waals surface area contributed by atoms with Gasteiger partial charge in [-0.2, -0.15) is 5.10 Å². The zero-order chi connectivity index (χ0) is 9.19. The van der Waals surface area contributed by atoms with Crippen LogP contribution in [0.1, 0.15) is 26.7 Å². The van der Waals surface area contributed by atoms with Crippen LogP contribution in [0.4, 0.5) is 0 Å². The number of carbonyl (C=O) groups is 1. The van der Waals surface area contributed by atoms with Crippen molar-refractivity contribution < 1.29 is 4.79 Å². The lowest BCUT2D eigenvalue weighted by Crippen LogP contribution is -2.17. The summed E-state index contributed by atoms with van der Waals surface area (Å²) >= 11 is 0. The van der Waals surface area contributed by atoms with E-state index in [9.17, 15) is 4.79 Å². The Kier molecular flexibility index (Phi) is 2.26. The molecule has 0 aromatic rings. The number of hydrazone groups is 1. The van der Waals surface area contributed by atoms with Gasteiger partial charge in [0.15, 0.2) is 5.78 Å². The fourth-order valence-corrected chi connectivity index (χ4v) is 0.941. The molecule has 1 rings (SSSR count). The van der Waals surface area contributed by atoms with Gasteiger partial charge in [-0.3, -0.25) is 9.79 Å². The van der Waals surface area contributed by atoms with Crippen molar-refractivity contribution >= 4 is 17.7 Å². The molecule has 0 saturated heterocycles. The van der Waals surface area contributed by atoms with Crippen molar-refractivity contribution in [1.29, 1.82) is 0 Å². The molecular weight excluding hydrogens is 154 g/mol. The van der Waals surface area contributed by atoms with Gasteiger partial charge in [0.2, 0.25) is 0 Å². The molecule has 0 heterocycles. The van der Waals surface area contributed by atoms with Crippen LogP contribution in [0.15, 0.2) is 10.1 Å². The molecule has 1 fully saturated rings. The third kappa shape index (κ3) is 1.69. The van der Waals surface area contributed by atoms with E-state index in [0.717, 1.165) is 12.8 Å². The molecule has 0 amide bonds. The van der Waals surface area contributed by atoms with Gasteiger partial charge in [0.1, 0.15) is 5.54 Å². The summed E-state index contributed by atoms with van der Waals surface area (Å²) < 4.78 is 0. The highest BCUT2D eigenvalue weighted by molar-refractivity contribution is 6.29. The van der Waals surface area contributed by atoms with Crippen molar-refractivity contribution in [3.63, 3.8) is 0 Å². The molecule has 1 aliphatic rings. The van der Waals surface area contributed by atoms with Crippen molar-refractivity contribution in [2.45, 2.75) is 32.2 Å². The molecule has 0 spiro atoms. The first-order valence-electron chi connectivity index (χ1n) is 3.91. The van der Waals surface area contributed by atoms with E-state index in [-0.39, 0.29) is 5.78 Å². The molecule has 12 heavy (non-hydrogen) atoms. The Morgan fingerprint density at radius 3 is 2.42 bits per heavy atom. The minimum atomic E-state index is -0.425. The smallest absolute Gasteiger partial charge is 0.157 e. The highest BCUT2D eigenvalue weighted by atomic mass is 16.1. The maximum Gasteiger partial charge on any atom is 0.157 e. The molecule has 0 radical (unpaired) electrons. The maximum atomic E-state index is 11.0. The first-order chi connectivity index (χ1) is 5.60. The number of nitrogens with two attached hydrogens (primary N) is 1. The van der Waals surface area contributed by atoms with E-state index in [1.54, 1.807) is 20.1 Å². The number of hydrogen-bond donors (Lipinski definition) is 1. The summed E-state index contributed by atoms with van der Waals surface area (Å²) in [6, 6.07) is 0. The van der Waals surface area contributed by atoms with Crippen LogP contribution in [0.5, 0.6) is 0 Å². The highest BCUT2D eigenvalue weighted by Crippen LogP contribution is 2.40. The second-order valence-electron chi connectivity index (χ2n) is 3.12. The Bertz CT molecular complexity index is 251. The van der Waals surface area contributed by atoms with Crippen LogP contribution in [0.25, 0.3) is 0 Å². The summed E-state index contributed by atoms with van der Waals surface area (Å²) in [5, 5.41) is 3.43. The number of aliphatic imine (C=N–C) groups is 1. The molecule has 1 saturated carbocycles. The Morgan fingerprint density at radius 2 is 2.08 bits per heavy atom. The van der Waals surface area contributed by atoms with Gasteiger partial charge in [-0.1, -0.05) is 0 Å². The predicted octanol–water partition coefficient (Wildman–Crippen LogP) is 0.513. The lowest BCUT2D eigenvalue weighted by atomic mass is 10.2. The lowest BCUT2D eigenvalue weighted by Gasteiger charge is -2.02. The van der Waals surface area contributed by atoms with Gasteiger partial charge in [0.25, 0.3) is 0 Å². The Labute approximate surface area is 71.6 Å². The summed E-state index contributed by atoms with van der Waals surface area (Å²) in [6.45, 7) is 3.32. The fraction of sp³-hybridized carbons (Fsp3) is 0.625. The first-order valence-corrected chi connectivity index (χ1v) is 3.91. The summed E-state index contributed by atoms with van der Waals surface area (Å²) in [7, 11) is 0. The molecule has 4 nitrogen and oxygen atoms in total. The zero-order valence-electron chi connectivity index (χ0n) is 7.37. The Morgan fingerprint density at radius 1 is 1.50 bits per heavy atom. The van der Waals surface area contributed by atoms with Crippen molar-refractivity contribution in [3.8, 4) is 0 Å². The molecular formula is C8H13N3O. The number of ketones is 1. The Hall–Kier alpha value is -1.19. The van der Waals surface area contributed by atoms with Gasteiger partial charge in [0.05, 0.1) is 5.71 Å². The standard InChI is InChI=1S/C8H13N3O/c1-6(11-9)5-10-8(3-4-8)7(2)12/h5H,3-4,9H2,1-2H3. The third-order valence-corrected chi connectivity index (χ3v) is 2.08. The lowest BCUT2D eigenvalue weighted by molar-refractivity contribution is -0.118. The summed E-state index contributed by atoms with van der Waals surface area (Å²) in [6.07, 6.45) is 3.28. The minimum Gasteiger partial charge on any atom is -0.323 e. The van der Waals surface area contributed by atoms with Crippen LogP contribution in [0, 0.1) is 0 Å². The average molecular weight is 167 g/mol. The normalized spacial score (nSPS) is 21.3. The van der Waals surface area contributed by atoms with Gasteiger partial charge in [-0.25, -0.2) is 0 Å². The number of Topliss-reactive ketones (excluding diaryl/α,β-unsaturated/α-hetero) is 1. The van der Waals surface area contributed by atoms with E-state index in [1.807, 2.05) is 0 Å². The van der Waals surface area contributed by atoms with E-state index < -0.39 is 5.54 Å². The molecule has 0 aromatic carbocycles. The number of hydrogen-bond acceptors (Lipinski definition) is 4. The molecule has 0 atom stereocenters. The summed E-state index contributed by atoms with van der Waals surface area (Å²) in [5.74, 6) is 5.14. The van der Waals surface area contributed by atoms with Crippen LogP contribution in [-0.4, -0.2) is 23.2 Å². The van der Waals surface area contributed by atoms with Gasteiger partial charge in [-0.05, 0) is 26.7 Å². The highest BCUT2D eigenvalue weighted by Gasteiger charge is 2.46. The van der Waals surface area contributed by atoms with Crippen LogP contribution in [0.2, 0.25) is 0 Å². The Balaban J connectivity index is 2.62. The number of carbonyl (C=O) groups excluding carboxylic acids is 1. The number of rotatable bonds is 3. The van der Waals surface area contributed by atoms with Crippen LogP contribution in [0.3, 0.4) is 0 Å². The topological polar surface area (TPSA) is 67.8 Å². The molecule has 2 N–H and O–H groups in total. The fourth-order valence-electron chi connectivity index (χ4n) is 0.941. The summed E-state index contributed by atoms with van der Waals surface area (Å²) in [5.41, 5.74) is 0.217. The monoisotopic (exact) mass is 167 g/mol. The van der Waals surface area contributed by atoms with E-state index >= 15 is 0 Å². The maximum absolute atomic E-state index is 11.0. The van der Waals surface area contributed by atoms with Gasteiger partial charge in [-0.15, -0.1) is 0 Å². The second-order valence-corrected chi connectivity index (χ2v) is 3.12. The minimum absolute atomic E-state index is 0.128. The quantitative estimate of drug-likeness (QED) is 0.378. The van der Waals surface area contributed by atoms with E-state index in [2.05, 4.69) is 10.1 Å². The molecule has 4 heteroatoms. The molecule has 0 bridgehead atoms. The van der Waals surface area contributed by atoms with E-state index in [4.69, 9.17) is 5.84 Å². The van der Waals surface area contributed by atoms with Crippen LogP contribution >= 0.6 is 0 Å². The molecule has 66 valence electrons. The average Bonchev–Trinajstić information content (AvgIpc) is 2.81. The first kappa shape index (κ1) is 8.90. The molecule has 0 unspecified atom stereocenters. The number of nitrogens with zero attached hydrogens (tertiary/aromatic N) is 2. The van der Waals surface area contributed by atoms with Gasteiger partial charge in [0, 0.05) is 6.21 Å². The van der Waals surface area contributed by atoms with Crippen molar-refractivity contribution in [1.82, 2.24) is 0 Å².